The molecule has 0 amide bonds. The number of hydrogen-bond acceptors (Lipinski definition) is 1. The van der Waals surface area contributed by atoms with Crippen LogP contribution in [0.25, 0.3) is 6.08 Å². The summed E-state index contributed by atoms with van der Waals surface area (Å²) in [7, 11) is 0. The number of hydrogen-bond donors (Lipinski definition) is 0. The Kier molecular flexibility index (Phi) is 3.22. The Balaban J connectivity index is 2.02. The lowest BCUT2D eigenvalue weighted by Gasteiger charge is -2.15. The fourth-order valence-electron chi connectivity index (χ4n) is 2.48. The molecule has 2 aromatic carbocycles. The number of rotatable bonds is 3. The van der Waals surface area contributed by atoms with Crippen molar-refractivity contribution in [3.8, 4) is 5.75 Å². The van der Waals surface area contributed by atoms with Crippen LogP contribution in [0.1, 0.15) is 22.6 Å². The van der Waals surface area contributed by atoms with Crippen molar-refractivity contribution in [3.05, 3.63) is 71.0 Å². The van der Waals surface area contributed by atoms with Gasteiger partial charge in [0.2, 0.25) is 0 Å². The SMILES string of the molecule is Fc1c(OC(F)F)cccc1C1C=Cc2ccccc21. The maximum Gasteiger partial charge on any atom is 0.387 e. The van der Waals surface area contributed by atoms with Crippen LogP contribution in [0.2, 0.25) is 0 Å². The first-order valence-electron chi connectivity index (χ1n) is 6.17. The Bertz CT molecular complexity index is 665. The molecule has 0 heterocycles. The number of fused-ring (bicyclic) bond motifs is 1. The molecule has 0 bridgehead atoms. The van der Waals surface area contributed by atoms with Crippen molar-refractivity contribution in [1.82, 2.24) is 0 Å². The van der Waals surface area contributed by atoms with Crippen LogP contribution in [0.5, 0.6) is 5.75 Å². The minimum absolute atomic E-state index is 0.271. The molecule has 2 aromatic rings. The molecule has 4 heteroatoms. The first-order chi connectivity index (χ1) is 9.66. The summed E-state index contributed by atoms with van der Waals surface area (Å²) in [4.78, 5) is 0. The summed E-state index contributed by atoms with van der Waals surface area (Å²) in [6.07, 6.45) is 3.76. The van der Waals surface area contributed by atoms with Gasteiger partial charge in [0.1, 0.15) is 0 Å². The van der Waals surface area contributed by atoms with E-state index in [1.54, 1.807) is 6.07 Å². The van der Waals surface area contributed by atoms with E-state index in [-0.39, 0.29) is 5.92 Å². The Morgan fingerprint density at radius 1 is 0.950 bits per heavy atom. The quantitative estimate of drug-likeness (QED) is 0.797. The van der Waals surface area contributed by atoms with Crippen molar-refractivity contribution in [2.75, 3.05) is 0 Å². The fourth-order valence-corrected chi connectivity index (χ4v) is 2.48. The lowest BCUT2D eigenvalue weighted by Crippen LogP contribution is -2.06. The summed E-state index contributed by atoms with van der Waals surface area (Å²) in [6.45, 7) is -3.04. The Labute approximate surface area is 114 Å². The van der Waals surface area contributed by atoms with Crippen molar-refractivity contribution in [2.45, 2.75) is 12.5 Å². The van der Waals surface area contributed by atoms with E-state index in [1.807, 2.05) is 36.4 Å². The van der Waals surface area contributed by atoms with Gasteiger partial charge in [-0.15, -0.1) is 0 Å². The minimum atomic E-state index is -3.04. The summed E-state index contributed by atoms with van der Waals surface area (Å²) >= 11 is 0. The van der Waals surface area contributed by atoms with E-state index in [2.05, 4.69) is 4.74 Å². The summed E-state index contributed by atoms with van der Waals surface area (Å²) in [5.74, 6) is -1.43. The van der Waals surface area contributed by atoms with Crippen molar-refractivity contribution in [3.63, 3.8) is 0 Å². The number of allylic oxidation sites excluding steroid dienone is 1. The summed E-state index contributed by atoms with van der Waals surface area (Å²) in [5.41, 5.74) is 2.31. The third-order valence-electron chi connectivity index (χ3n) is 3.34. The molecule has 0 aromatic heterocycles. The largest absolute Gasteiger partial charge is 0.432 e. The zero-order valence-electron chi connectivity index (χ0n) is 10.4. The van der Waals surface area contributed by atoms with Crippen molar-refractivity contribution in [1.29, 1.82) is 0 Å². The standard InChI is InChI=1S/C16H11F3O/c17-15-13(6-3-7-14(15)20-16(18)19)12-9-8-10-4-1-2-5-11(10)12/h1-9,12,16H. The Morgan fingerprint density at radius 2 is 1.70 bits per heavy atom. The smallest absolute Gasteiger partial charge is 0.387 e. The van der Waals surface area contributed by atoms with E-state index >= 15 is 0 Å². The van der Waals surface area contributed by atoms with E-state index < -0.39 is 18.2 Å². The third kappa shape index (κ3) is 2.18. The Morgan fingerprint density at radius 3 is 2.50 bits per heavy atom. The molecular weight excluding hydrogens is 265 g/mol. The molecule has 1 unspecified atom stereocenters. The lowest BCUT2D eigenvalue weighted by atomic mass is 9.92. The average Bonchev–Trinajstić information content (AvgIpc) is 2.85. The number of alkyl halides is 2. The minimum Gasteiger partial charge on any atom is -0.432 e. The molecule has 1 aliphatic rings. The van der Waals surface area contributed by atoms with Gasteiger partial charge in [-0.25, -0.2) is 4.39 Å². The second kappa shape index (κ2) is 5.04. The molecule has 0 N–H and O–H groups in total. The molecule has 1 atom stereocenters. The highest BCUT2D eigenvalue weighted by atomic mass is 19.3. The van der Waals surface area contributed by atoms with Crippen LogP contribution in [0.15, 0.2) is 48.5 Å². The molecule has 0 fully saturated rings. The third-order valence-corrected chi connectivity index (χ3v) is 3.34. The molecule has 0 aliphatic heterocycles. The topological polar surface area (TPSA) is 9.23 Å². The molecule has 3 rings (SSSR count). The zero-order chi connectivity index (χ0) is 14.1. The van der Waals surface area contributed by atoms with Gasteiger partial charge in [-0.05, 0) is 17.2 Å². The molecule has 1 aliphatic carbocycles. The molecule has 0 saturated carbocycles. The van der Waals surface area contributed by atoms with Crippen molar-refractivity contribution >= 4 is 6.08 Å². The zero-order valence-corrected chi connectivity index (χ0v) is 10.4. The van der Waals surface area contributed by atoms with E-state index in [4.69, 9.17) is 0 Å². The molecule has 0 saturated heterocycles. The monoisotopic (exact) mass is 276 g/mol. The first kappa shape index (κ1) is 12.8. The van der Waals surface area contributed by atoms with Gasteiger partial charge < -0.3 is 4.74 Å². The predicted molar refractivity (Wildman–Crippen MR) is 70.4 cm³/mol. The summed E-state index contributed by atoms with van der Waals surface area (Å²) < 4.78 is 43.0. The van der Waals surface area contributed by atoms with Gasteiger partial charge in [0, 0.05) is 11.5 Å². The molecule has 0 radical (unpaired) electrons. The van der Waals surface area contributed by atoms with Crippen LogP contribution in [-0.2, 0) is 0 Å². The van der Waals surface area contributed by atoms with Gasteiger partial charge in [-0.2, -0.15) is 8.78 Å². The van der Waals surface area contributed by atoms with E-state index in [0.29, 0.717) is 5.56 Å². The number of benzene rings is 2. The first-order valence-corrected chi connectivity index (χ1v) is 6.17. The Hall–Kier alpha value is -2.23. The van der Waals surface area contributed by atoms with Crippen LogP contribution in [-0.4, -0.2) is 6.61 Å². The highest BCUT2D eigenvalue weighted by Gasteiger charge is 2.23. The fraction of sp³-hybridized carbons (Fsp3) is 0.125. The van der Waals surface area contributed by atoms with Gasteiger partial charge >= 0.3 is 6.61 Å². The highest BCUT2D eigenvalue weighted by molar-refractivity contribution is 5.65. The van der Waals surface area contributed by atoms with Crippen LogP contribution >= 0.6 is 0 Å². The molecule has 1 nitrogen and oxygen atoms in total. The van der Waals surface area contributed by atoms with Crippen molar-refractivity contribution in [2.24, 2.45) is 0 Å². The molecule has 0 spiro atoms. The lowest BCUT2D eigenvalue weighted by molar-refractivity contribution is -0.0522. The van der Waals surface area contributed by atoms with Crippen molar-refractivity contribution < 1.29 is 17.9 Å². The van der Waals surface area contributed by atoms with Crippen LogP contribution < -0.4 is 4.74 Å². The maximum atomic E-state index is 14.3. The van der Waals surface area contributed by atoms with E-state index in [0.717, 1.165) is 11.1 Å². The van der Waals surface area contributed by atoms with Gasteiger partial charge in [0.25, 0.3) is 0 Å². The van der Waals surface area contributed by atoms with E-state index in [9.17, 15) is 13.2 Å². The summed E-state index contributed by atoms with van der Waals surface area (Å²) in [6, 6.07) is 11.9. The normalized spacial score (nSPS) is 16.5. The predicted octanol–water partition coefficient (Wildman–Crippen LogP) is 4.59. The number of ether oxygens (including phenoxy) is 1. The van der Waals surface area contributed by atoms with Crippen LogP contribution in [0.4, 0.5) is 13.2 Å². The molecule has 102 valence electrons. The van der Waals surface area contributed by atoms with Gasteiger partial charge in [-0.1, -0.05) is 48.6 Å². The van der Waals surface area contributed by atoms with Crippen LogP contribution in [0.3, 0.4) is 0 Å². The van der Waals surface area contributed by atoms with Gasteiger partial charge in [0.05, 0.1) is 0 Å². The second-order valence-electron chi connectivity index (χ2n) is 4.50. The van der Waals surface area contributed by atoms with Gasteiger partial charge in [0.15, 0.2) is 11.6 Å². The average molecular weight is 276 g/mol. The van der Waals surface area contributed by atoms with E-state index in [1.165, 1.54) is 12.1 Å². The maximum absolute atomic E-state index is 14.3. The van der Waals surface area contributed by atoms with Crippen LogP contribution in [0, 0.1) is 5.82 Å². The van der Waals surface area contributed by atoms with Gasteiger partial charge in [-0.3, -0.25) is 0 Å². The molecule has 20 heavy (non-hydrogen) atoms. The highest BCUT2D eigenvalue weighted by Crippen LogP contribution is 2.38. The number of halogens is 3. The summed E-state index contributed by atoms with van der Waals surface area (Å²) in [5, 5.41) is 0. The molecular formula is C16H11F3O. The second-order valence-corrected chi connectivity index (χ2v) is 4.50.